The van der Waals surface area contributed by atoms with Gasteiger partial charge < -0.3 is 5.73 Å². The fourth-order valence-corrected chi connectivity index (χ4v) is 2.94. The highest BCUT2D eigenvalue weighted by Gasteiger charge is 2.61. The number of nitrogens with two attached hydrogens (primary N) is 1. The highest BCUT2D eigenvalue weighted by molar-refractivity contribution is 5.48. The molecule has 0 amide bonds. The lowest BCUT2D eigenvalue weighted by Crippen LogP contribution is -2.41. The van der Waals surface area contributed by atoms with E-state index in [9.17, 15) is 5.26 Å². The maximum atomic E-state index is 9.35. The van der Waals surface area contributed by atoms with Crippen molar-refractivity contribution in [3.05, 3.63) is 29.8 Å². The minimum Gasteiger partial charge on any atom is -0.399 e. The number of nitrogen functional groups attached to an aromatic ring is 1. The Kier molecular flexibility index (Phi) is 1.49. The van der Waals surface area contributed by atoms with Gasteiger partial charge in [0.15, 0.2) is 0 Å². The van der Waals surface area contributed by atoms with Crippen LogP contribution in [0, 0.1) is 16.7 Å². The summed E-state index contributed by atoms with van der Waals surface area (Å²) in [6, 6.07) is 10.3. The minimum atomic E-state index is -0.230. The van der Waals surface area contributed by atoms with E-state index in [1.165, 1.54) is 12.8 Å². The highest BCUT2D eigenvalue weighted by atomic mass is 14.7. The maximum absolute atomic E-state index is 9.35. The Balaban J connectivity index is 1.95. The van der Waals surface area contributed by atoms with Crippen molar-refractivity contribution in [2.45, 2.75) is 31.1 Å². The molecule has 1 aromatic rings. The monoisotopic (exact) mass is 198 g/mol. The molecule has 2 nitrogen and oxygen atoms in total. The van der Waals surface area contributed by atoms with E-state index in [1.54, 1.807) is 0 Å². The van der Waals surface area contributed by atoms with Crippen molar-refractivity contribution >= 4 is 5.69 Å². The van der Waals surface area contributed by atoms with Crippen LogP contribution in [0.15, 0.2) is 24.3 Å². The number of hydrogen-bond donors (Lipinski definition) is 1. The van der Waals surface area contributed by atoms with Gasteiger partial charge in [-0.3, -0.25) is 0 Å². The van der Waals surface area contributed by atoms with E-state index in [1.807, 2.05) is 24.3 Å². The quantitative estimate of drug-likeness (QED) is 0.705. The molecule has 2 N–H and O–H groups in total. The number of nitriles is 1. The molecule has 0 saturated heterocycles. The van der Waals surface area contributed by atoms with Crippen LogP contribution in [0.2, 0.25) is 0 Å². The molecule has 0 aliphatic heterocycles. The van der Waals surface area contributed by atoms with E-state index in [0.717, 1.165) is 24.1 Å². The molecule has 0 unspecified atom stereocenters. The lowest BCUT2D eigenvalue weighted by molar-refractivity contribution is 0.173. The average molecular weight is 198 g/mol. The second kappa shape index (κ2) is 2.55. The number of benzene rings is 1. The SMILES string of the molecule is N#CC1(c2cccc(N)c2)CC2(CC2)C1. The van der Waals surface area contributed by atoms with Gasteiger partial charge in [-0.25, -0.2) is 0 Å². The Morgan fingerprint density at radius 3 is 2.53 bits per heavy atom. The Morgan fingerprint density at radius 1 is 1.27 bits per heavy atom. The van der Waals surface area contributed by atoms with Crippen molar-refractivity contribution in [1.29, 1.82) is 5.26 Å². The molecule has 3 rings (SSSR count). The molecular weight excluding hydrogens is 184 g/mol. The predicted molar refractivity (Wildman–Crippen MR) is 59.0 cm³/mol. The van der Waals surface area contributed by atoms with Crippen LogP contribution in [0.4, 0.5) is 5.69 Å². The normalized spacial score (nSPS) is 24.2. The van der Waals surface area contributed by atoms with E-state index in [4.69, 9.17) is 5.73 Å². The molecule has 2 aliphatic rings. The van der Waals surface area contributed by atoms with Crippen molar-refractivity contribution < 1.29 is 0 Å². The molecule has 1 spiro atoms. The lowest BCUT2D eigenvalue weighted by Gasteiger charge is -2.44. The number of rotatable bonds is 1. The van der Waals surface area contributed by atoms with Crippen molar-refractivity contribution in [3.8, 4) is 6.07 Å². The van der Waals surface area contributed by atoms with Crippen molar-refractivity contribution in [3.63, 3.8) is 0 Å². The Labute approximate surface area is 89.7 Å². The summed E-state index contributed by atoms with van der Waals surface area (Å²) < 4.78 is 0. The van der Waals surface area contributed by atoms with Crippen molar-refractivity contribution in [2.24, 2.45) is 5.41 Å². The maximum Gasteiger partial charge on any atom is 0.0833 e. The van der Waals surface area contributed by atoms with Gasteiger partial charge in [-0.1, -0.05) is 12.1 Å². The number of nitrogens with zero attached hydrogens (tertiary/aromatic N) is 1. The predicted octanol–water partition coefficient (Wildman–Crippen LogP) is 2.60. The second-order valence-corrected chi connectivity index (χ2v) is 5.17. The first-order valence-electron chi connectivity index (χ1n) is 5.45. The van der Waals surface area contributed by atoms with Gasteiger partial charge in [-0.15, -0.1) is 0 Å². The summed E-state index contributed by atoms with van der Waals surface area (Å²) in [7, 11) is 0. The summed E-state index contributed by atoms with van der Waals surface area (Å²) >= 11 is 0. The minimum absolute atomic E-state index is 0.230. The van der Waals surface area contributed by atoms with Crippen LogP contribution in [-0.4, -0.2) is 0 Å². The van der Waals surface area contributed by atoms with Crippen LogP contribution in [0.5, 0.6) is 0 Å². The zero-order valence-electron chi connectivity index (χ0n) is 8.66. The number of anilines is 1. The fraction of sp³-hybridized carbons (Fsp3) is 0.462. The molecule has 1 aromatic carbocycles. The molecule has 0 radical (unpaired) electrons. The first kappa shape index (κ1) is 8.79. The van der Waals surface area contributed by atoms with Gasteiger partial charge in [0.05, 0.1) is 11.5 Å². The first-order valence-corrected chi connectivity index (χ1v) is 5.45. The van der Waals surface area contributed by atoms with Crippen LogP contribution in [-0.2, 0) is 5.41 Å². The Morgan fingerprint density at radius 2 is 2.00 bits per heavy atom. The summed E-state index contributed by atoms with van der Waals surface area (Å²) in [6.45, 7) is 0. The molecule has 2 saturated carbocycles. The van der Waals surface area contributed by atoms with Crippen LogP contribution >= 0.6 is 0 Å². The summed E-state index contributed by atoms with van der Waals surface area (Å²) in [5.74, 6) is 0. The summed E-state index contributed by atoms with van der Waals surface area (Å²) in [5, 5.41) is 9.35. The van der Waals surface area contributed by atoms with E-state index in [2.05, 4.69) is 6.07 Å². The summed E-state index contributed by atoms with van der Waals surface area (Å²) in [5.41, 5.74) is 7.95. The smallest absolute Gasteiger partial charge is 0.0833 e. The molecule has 2 heteroatoms. The van der Waals surface area contributed by atoms with Crippen LogP contribution in [0.1, 0.15) is 31.2 Å². The van der Waals surface area contributed by atoms with Gasteiger partial charge in [-0.2, -0.15) is 5.26 Å². The second-order valence-electron chi connectivity index (χ2n) is 5.17. The lowest BCUT2D eigenvalue weighted by atomic mass is 9.57. The molecule has 0 aromatic heterocycles. The molecule has 2 fully saturated rings. The van der Waals surface area contributed by atoms with E-state index in [-0.39, 0.29) is 5.41 Å². The summed E-state index contributed by atoms with van der Waals surface area (Å²) in [6.07, 6.45) is 4.72. The third-order valence-electron chi connectivity index (χ3n) is 3.96. The molecule has 2 aliphatic carbocycles. The molecule has 0 heterocycles. The fourth-order valence-electron chi connectivity index (χ4n) is 2.94. The Hall–Kier alpha value is -1.49. The van der Waals surface area contributed by atoms with Gasteiger partial charge in [0.2, 0.25) is 0 Å². The molecule has 15 heavy (non-hydrogen) atoms. The largest absolute Gasteiger partial charge is 0.399 e. The van der Waals surface area contributed by atoms with Crippen LogP contribution < -0.4 is 5.73 Å². The van der Waals surface area contributed by atoms with Gasteiger partial charge in [0, 0.05) is 5.69 Å². The molecule has 0 bridgehead atoms. The number of hydrogen-bond acceptors (Lipinski definition) is 2. The third kappa shape index (κ3) is 1.16. The molecule has 76 valence electrons. The van der Waals surface area contributed by atoms with E-state index >= 15 is 0 Å². The van der Waals surface area contributed by atoms with Gasteiger partial charge in [-0.05, 0) is 48.8 Å². The average Bonchev–Trinajstić information content (AvgIpc) is 2.94. The molecule has 0 atom stereocenters. The summed E-state index contributed by atoms with van der Waals surface area (Å²) in [4.78, 5) is 0. The van der Waals surface area contributed by atoms with Crippen molar-refractivity contribution in [2.75, 3.05) is 5.73 Å². The molecular formula is C13H14N2. The van der Waals surface area contributed by atoms with Gasteiger partial charge in [0.25, 0.3) is 0 Å². The standard InChI is InChI=1S/C13H14N2/c14-9-13(7-12(8-13)4-5-12)10-2-1-3-11(15)6-10/h1-3,6H,4-5,7-8,15H2. The van der Waals surface area contributed by atoms with Crippen LogP contribution in [0.3, 0.4) is 0 Å². The van der Waals surface area contributed by atoms with Crippen LogP contribution in [0.25, 0.3) is 0 Å². The first-order chi connectivity index (χ1) is 7.18. The topological polar surface area (TPSA) is 49.8 Å². The van der Waals surface area contributed by atoms with E-state index < -0.39 is 0 Å². The third-order valence-corrected chi connectivity index (χ3v) is 3.96. The highest BCUT2D eigenvalue weighted by Crippen LogP contribution is 2.68. The van der Waals surface area contributed by atoms with Gasteiger partial charge in [0.1, 0.15) is 0 Å². The van der Waals surface area contributed by atoms with Crippen molar-refractivity contribution in [1.82, 2.24) is 0 Å². The Bertz CT molecular complexity index is 444. The zero-order chi connectivity index (χ0) is 10.5. The zero-order valence-corrected chi connectivity index (χ0v) is 8.66. The van der Waals surface area contributed by atoms with E-state index in [0.29, 0.717) is 5.41 Å². The van der Waals surface area contributed by atoms with Gasteiger partial charge >= 0.3 is 0 Å².